The number of fused-ring (bicyclic) bond motifs is 1. The molecule has 1 aromatic heterocycles. The molecule has 1 atom stereocenters. The van der Waals surface area contributed by atoms with Crippen LogP contribution >= 0.6 is 11.5 Å². The van der Waals surface area contributed by atoms with E-state index in [1.165, 1.54) is 11.5 Å². The van der Waals surface area contributed by atoms with E-state index in [4.69, 9.17) is 9.84 Å². The monoisotopic (exact) mass is 278 g/mol. The molecular formula is C13H14N2O3S. The molecule has 1 unspecified atom stereocenters. The molecule has 1 aliphatic heterocycles. The van der Waals surface area contributed by atoms with Crippen LogP contribution in [0.15, 0.2) is 18.2 Å². The van der Waals surface area contributed by atoms with Crippen LogP contribution in [-0.4, -0.2) is 41.8 Å². The largest absolute Gasteiger partial charge is 0.476 e. The van der Waals surface area contributed by atoms with E-state index in [2.05, 4.69) is 9.27 Å². The summed E-state index contributed by atoms with van der Waals surface area (Å²) in [5.41, 5.74) is 1.25. The summed E-state index contributed by atoms with van der Waals surface area (Å²) < 4.78 is 10.3. The van der Waals surface area contributed by atoms with Gasteiger partial charge in [-0.2, -0.15) is 4.37 Å². The second-order valence-electron chi connectivity index (χ2n) is 4.61. The summed E-state index contributed by atoms with van der Waals surface area (Å²) in [6.45, 7) is 1.85. The lowest BCUT2D eigenvalue weighted by Gasteiger charge is -2.18. The zero-order chi connectivity index (χ0) is 13.4. The molecule has 5 nitrogen and oxygen atoms in total. The molecule has 1 aliphatic rings. The van der Waals surface area contributed by atoms with E-state index in [1.807, 2.05) is 18.2 Å². The first kappa shape index (κ1) is 12.4. The predicted octanol–water partition coefficient (Wildman–Crippen LogP) is 2.22. The molecule has 0 radical (unpaired) electrons. The van der Waals surface area contributed by atoms with Crippen LogP contribution in [0.1, 0.15) is 16.9 Å². The smallest absolute Gasteiger partial charge is 0.356 e. The van der Waals surface area contributed by atoms with Crippen molar-refractivity contribution >= 4 is 33.3 Å². The number of anilines is 1. The van der Waals surface area contributed by atoms with Crippen molar-refractivity contribution in [3.8, 4) is 0 Å². The summed E-state index contributed by atoms with van der Waals surface area (Å²) in [7, 11) is 1.74. The van der Waals surface area contributed by atoms with Gasteiger partial charge in [-0.3, -0.25) is 0 Å². The predicted molar refractivity (Wildman–Crippen MR) is 74.2 cm³/mol. The van der Waals surface area contributed by atoms with Crippen LogP contribution in [0.25, 0.3) is 10.1 Å². The number of nitrogens with zero attached hydrogens (tertiary/aromatic N) is 2. The Morgan fingerprint density at radius 2 is 2.42 bits per heavy atom. The number of carboxylic acid groups (broad SMARTS) is 1. The highest BCUT2D eigenvalue weighted by Crippen LogP contribution is 2.29. The number of carbonyl (C=O) groups is 1. The van der Waals surface area contributed by atoms with Gasteiger partial charge in [0.05, 0.1) is 10.8 Å². The molecule has 2 heterocycles. The third-order valence-corrected chi connectivity index (χ3v) is 4.31. The maximum atomic E-state index is 11.0. The highest BCUT2D eigenvalue weighted by molar-refractivity contribution is 7.13. The van der Waals surface area contributed by atoms with E-state index in [9.17, 15) is 4.79 Å². The Labute approximate surface area is 114 Å². The quantitative estimate of drug-likeness (QED) is 0.932. The summed E-state index contributed by atoms with van der Waals surface area (Å²) >= 11 is 1.23. The van der Waals surface area contributed by atoms with Crippen LogP contribution in [0, 0.1) is 0 Å². The van der Waals surface area contributed by atoms with Gasteiger partial charge < -0.3 is 14.7 Å². The summed E-state index contributed by atoms with van der Waals surface area (Å²) in [6, 6.07) is 5.82. The van der Waals surface area contributed by atoms with E-state index in [0.29, 0.717) is 5.39 Å². The first-order valence-corrected chi connectivity index (χ1v) is 6.87. The van der Waals surface area contributed by atoms with Gasteiger partial charge in [0.1, 0.15) is 0 Å². The molecule has 19 heavy (non-hydrogen) atoms. The third-order valence-electron chi connectivity index (χ3n) is 3.50. The van der Waals surface area contributed by atoms with Crippen molar-refractivity contribution in [2.75, 3.05) is 25.1 Å². The fourth-order valence-electron chi connectivity index (χ4n) is 2.43. The van der Waals surface area contributed by atoms with Crippen LogP contribution in [0.4, 0.5) is 5.69 Å². The molecule has 3 rings (SSSR count). The molecule has 100 valence electrons. The lowest BCUT2D eigenvalue weighted by molar-refractivity contribution is 0.0694. The van der Waals surface area contributed by atoms with Gasteiger partial charge >= 0.3 is 5.97 Å². The van der Waals surface area contributed by atoms with Gasteiger partial charge in [-0.25, -0.2) is 4.79 Å². The van der Waals surface area contributed by atoms with Crippen LogP contribution in [0.5, 0.6) is 0 Å². The number of benzene rings is 1. The van der Waals surface area contributed by atoms with Crippen molar-refractivity contribution in [3.05, 3.63) is 23.9 Å². The molecule has 6 heteroatoms. The molecule has 0 spiro atoms. The minimum Gasteiger partial charge on any atom is -0.476 e. The Hall–Kier alpha value is -1.66. The van der Waals surface area contributed by atoms with E-state index in [1.54, 1.807) is 7.11 Å². The molecular weight excluding hydrogens is 264 g/mol. The van der Waals surface area contributed by atoms with Gasteiger partial charge in [0.25, 0.3) is 0 Å². The minimum atomic E-state index is -0.973. The molecule has 0 saturated carbocycles. The van der Waals surface area contributed by atoms with Crippen molar-refractivity contribution in [1.82, 2.24) is 4.37 Å². The fraction of sp³-hybridized carbons (Fsp3) is 0.385. The van der Waals surface area contributed by atoms with Gasteiger partial charge in [0.2, 0.25) is 0 Å². The van der Waals surface area contributed by atoms with Gasteiger partial charge in [-0.05, 0) is 36.2 Å². The molecule has 1 saturated heterocycles. The zero-order valence-electron chi connectivity index (χ0n) is 10.5. The molecule has 0 aliphatic carbocycles. The standard InChI is InChI=1S/C13H14N2O3S/c1-18-9-4-5-15(7-9)8-2-3-10-11(6-8)19-14-12(10)13(16)17/h2-3,6,9H,4-5,7H2,1H3,(H,16,17). The number of rotatable bonds is 3. The number of hydrogen-bond acceptors (Lipinski definition) is 5. The molecule has 1 fully saturated rings. The Morgan fingerprint density at radius 1 is 1.58 bits per heavy atom. The number of aromatic carboxylic acids is 1. The second kappa shape index (κ2) is 4.79. The fourth-order valence-corrected chi connectivity index (χ4v) is 3.23. The maximum Gasteiger partial charge on any atom is 0.356 e. The Balaban J connectivity index is 1.93. The van der Waals surface area contributed by atoms with E-state index in [-0.39, 0.29) is 11.8 Å². The van der Waals surface area contributed by atoms with E-state index in [0.717, 1.165) is 29.9 Å². The topological polar surface area (TPSA) is 62.7 Å². The summed E-state index contributed by atoms with van der Waals surface area (Å²) in [5, 5.41) is 9.75. The average molecular weight is 278 g/mol. The first-order chi connectivity index (χ1) is 9.19. The van der Waals surface area contributed by atoms with E-state index >= 15 is 0 Å². The van der Waals surface area contributed by atoms with Crippen molar-refractivity contribution < 1.29 is 14.6 Å². The van der Waals surface area contributed by atoms with Gasteiger partial charge in [-0.1, -0.05) is 0 Å². The lowest BCUT2D eigenvalue weighted by Crippen LogP contribution is -2.21. The molecule has 0 bridgehead atoms. The van der Waals surface area contributed by atoms with Crippen LogP contribution in [0.2, 0.25) is 0 Å². The van der Waals surface area contributed by atoms with Crippen molar-refractivity contribution in [2.45, 2.75) is 12.5 Å². The number of aromatic nitrogens is 1. The summed E-state index contributed by atoms with van der Waals surface area (Å²) in [4.78, 5) is 13.3. The van der Waals surface area contributed by atoms with E-state index < -0.39 is 5.97 Å². The van der Waals surface area contributed by atoms with Crippen molar-refractivity contribution in [3.63, 3.8) is 0 Å². The first-order valence-electron chi connectivity index (χ1n) is 6.09. The number of methoxy groups -OCH3 is 1. The third kappa shape index (κ3) is 2.17. The molecule has 0 amide bonds. The van der Waals surface area contributed by atoms with Crippen molar-refractivity contribution in [1.29, 1.82) is 0 Å². The van der Waals surface area contributed by atoms with Crippen LogP contribution in [0.3, 0.4) is 0 Å². The van der Waals surface area contributed by atoms with Crippen molar-refractivity contribution in [2.24, 2.45) is 0 Å². The lowest BCUT2D eigenvalue weighted by atomic mass is 10.2. The van der Waals surface area contributed by atoms with Gasteiger partial charge in [0.15, 0.2) is 5.69 Å². The molecule has 2 aromatic rings. The Morgan fingerprint density at radius 3 is 3.11 bits per heavy atom. The molecule has 1 N–H and O–H groups in total. The SMILES string of the molecule is COC1CCN(c2ccc3c(C(=O)O)nsc3c2)C1. The Kier molecular flexibility index (Phi) is 3.12. The minimum absolute atomic E-state index is 0.141. The molecule has 1 aromatic carbocycles. The number of ether oxygens (including phenoxy) is 1. The summed E-state index contributed by atoms with van der Waals surface area (Å²) in [6.07, 6.45) is 1.31. The van der Waals surface area contributed by atoms with Gasteiger partial charge in [-0.15, -0.1) is 0 Å². The average Bonchev–Trinajstić information content (AvgIpc) is 3.04. The van der Waals surface area contributed by atoms with Crippen LogP contribution in [-0.2, 0) is 4.74 Å². The maximum absolute atomic E-state index is 11.0. The normalized spacial score (nSPS) is 19.2. The number of hydrogen-bond donors (Lipinski definition) is 1. The highest BCUT2D eigenvalue weighted by Gasteiger charge is 2.23. The van der Waals surface area contributed by atoms with Crippen LogP contribution < -0.4 is 4.90 Å². The highest BCUT2D eigenvalue weighted by atomic mass is 32.1. The number of carboxylic acids is 1. The summed E-state index contributed by atoms with van der Waals surface area (Å²) in [5.74, 6) is -0.973. The Bertz CT molecular complexity index is 625. The van der Waals surface area contributed by atoms with Gasteiger partial charge in [0, 0.05) is 31.3 Å². The second-order valence-corrected chi connectivity index (χ2v) is 5.41. The zero-order valence-corrected chi connectivity index (χ0v) is 11.3.